The van der Waals surface area contributed by atoms with Crippen molar-refractivity contribution in [1.82, 2.24) is 9.88 Å². The van der Waals surface area contributed by atoms with Crippen molar-refractivity contribution in [2.45, 2.75) is 44.4 Å². The Kier molecular flexibility index (Phi) is 7.28. The van der Waals surface area contributed by atoms with Crippen molar-refractivity contribution in [2.24, 2.45) is 5.73 Å². The molecule has 2 atom stereocenters. The average molecular weight is 368 g/mol. The Balaban J connectivity index is 0.00000288. The topological polar surface area (TPSA) is 68.5 Å². The second kappa shape index (κ2) is 8.53. The first kappa shape index (κ1) is 20.5. The van der Waals surface area contributed by atoms with Gasteiger partial charge in [-0.3, -0.25) is 4.79 Å². The monoisotopic (exact) mass is 367 g/mol. The van der Waals surface area contributed by atoms with Gasteiger partial charge in [0, 0.05) is 30.9 Å². The lowest BCUT2D eigenvalue weighted by Crippen LogP contribution is -2.51. The number of amides is 1. The molecule has 1 aromatic rings. The summed E-state index contributed by atoms with van der Waals surface area (Å²) in [7, 11) is 0. The predicted molar refractivity (Wildman–Crippen MR) is 85.4 cm³/mol. The van der Waals surface area contributed by atoms with E-state index >= 15 is 0 Å². The molecule has 0 saturated carbocycles. The van der Waals surface area contributed by atoms with Crippen LogP contribution in [0.2, 0.25) is 0 Å². The maximum absolute atomic E-state index is 12.6. The number of piperidine rings is 1. The lowest BCUT2D eigenvalue weighted by molar-refractivity contribution is -0.154. The van der Waals surface area contributed by atoms with E-state index in [1.807, 2.05) is 6.92 Å². The summed E-state index contributed by atoms with van der Waals surface area (Å²) in [6.07, 6.45) is -0.396. The molecule has 2 heterocycles. The third-order valence-corrected chi connectivity index (χ3v) is 3.78. The van der Waals surface area contributed by atoms with Gasteiger partial charge in [0.1, 0.15) is 0 Å². The summed E-state index contributed by atoms with van der Waals surface area (Å²) >= 11 is 0. The van der Waals surface area contributed by atoms with Gasteiger partial charge in [0.2, 0.25) is 5.88 Å². The van der Waals surface area contributed by atoms with Crippen LogP contribution in [0.25, 0.3) is 0 Å². The third kappa shape index (κ3) is 5.52. The van der Waals surface area contributed by atoms with E-state index in [-0.39, 0.29) is 36.3 Å². The minimum absolute atomic E-state index is 0. The number of alkyl halides is 3. The maximum Gasteiger partial charge on any atom is 0.422 e. The molecule has 1 saturated heterocycles. The molecule has 0 bridgehead atoms. The first-order chi connectivity index (χ1) is 10.8. The fourth-order valence-corrected chi connectivity index (χ4v) is 2.67. The number of nitrogens with two attached hydrogens (primary N) is 1. The third-order valence-electron chi connectivity index (χ3n) is 3.78. The molecular formula is C15H21ClF3N3O2. The number of halogens is 4. The molecule has 1 aliphatic heterocycles. The van der Waals surface area contributed by atoms with Crippen LogP contribution in [0.5, 0.6) is 5.88 Å². The number of hydrogen-bond donors (Lipinski definition) is 1. The summed E-state index contributed by atoms with van der Waals surface area (Å²) in [5.74, 6) is -0.372. The Morgan fingerprint density at radius 3 is 2.71 bits per heavy atom. The van der Waals surface area contributed by atoms with E-state index in [2.05, 4.69) is 9.72 Å². The number of nitrogens with zero attached hydrogens (tertiary/aromatic N) is 2. The van der Waals surface area contributed by atoms with E-state index in [4.69, 9.17) is 5.73 Å². The van der Waals surface area contributed by atoms with E-state index in [1.54, 1.807) is 4.90 Å². The fourth-order valence-electron chi connectivity index (χ4n) is 2.67. The number of likely N-dealkylation sites (tertiary alicyclic amines) is 1. The van der Waals surface area contributed by atoms with Crippen LogP contribution in [-0.4, -0.2) is 47.2 Å². The van der Waals surface area contributed by atoms with Crippen molar-refractivity contribution in [1.29, 1.82) is 0 Å². The summed E-state index contributed by atoms with van der Waals surface area (Å²) in [6.45, 7) is 1.08. The first-order valence-electron chi connectivity index (χ1n) is 7.50. The van der Waals surface area contributed by atoms with Crippen LogP contribution >= 0.6 is 12.4 Å². The zero-order valence-corrected chi connectivity index (χ0v) is 14.1. The van der Waals surface area contributed by atoms with Crippen molar-refractivity contribution in [3.63, 3.8) is 0 Å². The molecule has 1 aliphatic rings. The SMILES string of the molecule is CC(N)C1CCCCN1C(=O)c1ccc(OCC(F)(F)F)nc1.Cl. The Labute approximate surface area is 144 Å². The molecule has 0 aliphatic carbocycles. The van der Waals surface area contributed by atoms with Crippen LogP contribution in [0, 0.1) is 0 Å². The van der Waals surface area contributed by atoms with E-state index in [0.717, 1.165) is 19.3 Å². The molecule has 1 amide bonds. The molecule has 2 unspecified atom stereocenters. The summed E-state index contributed by atoms with van der Waals surface area (Å²) in [4.78, 5) is 18.0. The molecule has 0 spiro atoms. The number of pyridine rings is 1. The molecule has 1 fully saturated rings. The van der Waals surface area contributed by atoms with Gasteiger partial charge in [0.25, 0.3) is 5.91 Å². The summed E-state index contributed by atoms with van der Waals surface area (Å²) in [5.41, 5.74) is 6.26. The smallest absolute Gasteiger partial charge is 0.422 e. The van der Waals surface area contributed by atoms with Gasteiger partial charge in [-0.25, -0.2) is 4.98 Å². The lowest BCUT2D eigenvalue weighted by atomic mass is 9.96. The van der Waals surface area contributed by atoms with Gasteiger partial charge in [-0.15, -0.1) is 12.4 Å². The molecule has 1 aromatic heterocycles. The molecular weight excluding hydrogens is 347 g/mol. The minimum Gasteiger partial charge on any atom is -0.468 e. The Morgan fingerprint density at radius 1 is 1.46 bits per heavy atom. The average Bonchev–Trinajstić information content (AvgIpc) is 2.52. The molecule has 0 radical (unpaired) electrons. The second-order valence-corrected chi connectivity index (χ2v) is 5.71. The van der Waals surface area contributed by atoms with Gasteiger partial charge in [0.05, 0.1) is 5.56 Å². The quantitative estimate of drug-likeness (QED) is 0.888. The van der Waals surface area contributed by atoms with Crippen LogP contribution in [-0.2, 0) is 0 Å². The number of ether oxygens (including phenoxy) is 1. The predicted octanol–water partition coefficient (Wildman–Crippen LogP) is 2.79. The summed E-state index contributed by atoms with van der Waals surface area (Å²) in [6, 6.07) is 2.52. The standard InChI is InChI=1S/C15H20F3N3O2.ClH/c1-10(19)12-4-2-3-7-21(12)14(22)11-5-6-13(20-8-11)23-9-15(16,17)18;/h5-6,8,10,12H,2-4,7,9,19H2,1H3;1H. The van der Waals surface area contributed by atoms with Crippen LogP contribution in [0.1, 0.15) is 36.5 Å². The lowest BCUT2D eigenvalue weighted by Gasteiger charge is -2.38. The summed E-state index contributed by atoms with van der Waals surface area (Å²) < 4.78 is 40.8. The van der Waals surface area contributed by atoms with E-state index < -0.39 is 12.8 Å². The normalized spacial score (nSPS) is 19.4. The molecule has 2 rings (SSSR count). The number of rotatable bonds is 4. The zero-order chi connectivity index (χ0) is 17.0. The van der Waals surface area contributed by atoms with Gasteiger partial charge < -0.3 is 15.4 Å². The second-order valence-electron chi connectivity index (χ2n) is 5.71. The molecule has 5 nitrogen and oxygen atoms in total. The van der Waals surface area contributed by atoms with Crippen LogP contribution in [0.3, 0.4) is 0 Å². The molecule has 2 N–H and O–H groups in total. The maximum atomic E-state index is 12.6. The minimum atomic E-state index is -4.42. The number of carbonyl (C=O) groups is 1. The van der Waals surface area contributed by atoms with Crippen molar-refractivity contribution in [3.05, 3.63) is 23.9 Å². The van der Waals surface area contributed by atoms with Crippen LogP contribution in [0.4, 0.5) is 13.2 Å². The molecule has 24 heavy (non-hydrogen) atoms. The van der Waals surface area contributed by atoms with E-state index in [0.29, 0.717) is 12.1 Å². The number of hydrogen-bond acceptors (Lipinski definition) is 4. The first-order valence-corrected chi connectivity index (χ1v) is 7.50. The Bertz CT molecular complexity index is 538. The van der Waals surface area contributed by atoms with Crippen molar-refractivity contribution in [3.8, 4) is 5.88 Å². The Morgan fingerprint density at radius 2 is 2.17 bits per heavy atom. The molecule has 0 aromatic carbocycles. The summed E-state index contributed by atoms with van der Waals surface area (Å²) in [5, 5.41) is 0. The van der Waals surface area contributed by atoms with Crippen molar-refractivity contribution >= 4 is 18.3 Å². The van der Waals surface area contributed by atoms with Gasteiger partial charge >= 0.3 is 6.18 Å². The fraction of sp³-hybridized carbons (Fsp3) is 0.600. The molecule has 9 heteroatoms. The van der Waals surface area contributed by atoms with Crippen molar-refractivity contribution < 1.29 is 22.7 Å². The Hall–Kier alpha value is -1.54. The van der Waals surface area contributed by atoms with Gasteiger partial charge in [0.15, 0.2) is 6.61 Å². The highest BCUT2D eigenvalue weighted by Gasteiger charge is 2.30. The van der Waals surface area contributed by atoms with Crippen LogP contribution in [0.15, 0.2) is 18.3 Å². The number of carbonyl (C=O) groups excluding carboxylic acids is 1. The highest BCUT2D eigenvalue weighted by molar-refractivity contribution is 5.94. The zero-order valence-electron chi connectivity index (χ0n) is 13.3. The van der Waals surface area contributed by atoms with Gasteiger partial charge in [-0.2, -0.15) is 13.2 Å². The van der Waals surface area contributed by atoms with E-state index in [9.17, 15) is 18.0 Å². The van der Waals surface area contributed by atoms with Crippen molar-refractivity contribution in [2.75, 3.05) is 13.2 Å². The van der Waals surface area contributed by atoms with E-state index in [1.165, 1.54) is 18.3 Å². The number of aromatic nitrogens is 1. The van der Waals surface area contributed by atoms with Crippen LogP contribution < -0.4 is 10.5 Å². The highest BCUT2D eigenvalue weighted by Crippen LogP contribution is 2.22. The largest absolute Gasteiger partial charge is 0.468 e. The van der Waals surface area contributed by atoms with Gasteiger partial charge in [-0.05, 0) is 32.3 Å². The molecule has 136 valence electrons. The highest BCUT2D eigenvalue weighted by atomic mass is 35.5. The van der Waals surface area contributed by atoms with Gasteiger partial charge in [-0.1, -0.05) is 0 Å².